The van der Waals surface area contributed by atoms with Gasteiger partial charge < -0.3 is 14.5 Å². The molecule has 0 radical (unpaired) electrons. The van der Waals surface area contributed by atoms with Crippen LogP contribution in [0.4, 0.5) is 0 Å². The van der Waals surface area contributed by atoms with E-state index in [9.17, 15) is 4.79 Å². The van der Waals surface area contributed by atoms with E-state index in [0.29, 0.717) is 17.1 Å². The second-order valence-corrected chi connectivity index (χ2v) is 6.78. The highest BCUT2D eigenvalue weighted by Crippen LogP contribution is 2.33. The van der Waals surface area contributed by atoms with Crippen LogP contribution in [0.25, 0.3) is 22.4 Å². The van der Waals surface area contributed by atoms with Gasteiger partial charge in [-0.25, -0.2) is 9.78 Å². The van der Waals surface area contributed by atoms with Crippen molar-refractivity contribution in [3.8, 4) is 22.9 Å². The predicted molar refractivity (Wildman–Crippen MR) is 107 cm³/mol. The van der Waals surface area contributed by atoms with Crippen molar-refractivity contribution >= 4 is 32.9 Å². The number of para-hydroxylation sites is 2. The lowest BCUT2D eigenvalue weighted by atomic mass is 10.2. The number of hydrogen-bond acceptors (Lipinski definition) is 4. The zero-order valence-corrected chi connectivity index (χ0v) is 16.0. The average molecular weight is 423 g/mol. The van der Waals surface area contributed by atoms with Crippen molar-refractivity contribution in [2.24, 2.45) is 0 Å². The van der Waals surface area contributed by atoms with Crippen molar-refractivity contribution in [1.29, 1.82) is 0 Å². The van der Waals surface area contributed by atoms with E-state index in [0.717, 1.165) is 26.9 Å². The predicted octanol–water partition coefficient (Wildman–Crippen LogP) is 5.22. The summed E-state index contributed by atoms with van der Waals surface area (Å²) in [6, 6.07) is 20.1. The first-order chi connectivity index (χ1) is 13.1. The van der Waals surface area contributed by atoms with E-state index in [1.54, 1.807) is 36.4 Å². The maximum atomic E-state index is 12.4. The molecule has 0 aliphatic carbocycles. The molecule has 1 N–H and O–H groups in total. The number of methoxy groups -OCH3 is 1. The van der Waals surface area contributed by atoms with E-state index in [-0.39, 0.29) is 0 Å². The van der Waals surface area contributed by atoms with Gasteiger partial charge in [-0.2, -0.15) is 0 Å². The minimum atomic E-state index is -0.447. The number of ether oxygens (including phenoxy) is 2. The van der Waals surface area contributed by atoms with Crippen molar-refractivity contribution in [3.63, 3.8) is 0 Å². The second-order valence-electron chi connectivity index (χ2n) is 5.86. The van der Waals surface area contributed by atoms with Gasteiger partial charge in [-0.15, -0.1) is 0 Å². The molecule has 0 spiro atoms. The number of halogens is 1. The maximum Gasteiger partial charge on any atom is 0.343 e. The van der Waals surface area contributed by atoms with Crippen molar-refractivity contribution < 1.29 is 14.3 Å². The summed E-state index contributed by atoms with van der Waals surface area (Å²) in [5, 5.41) is 0. The Hall–Kier alpha value is -3.12. The van der Waals surface area contributed by atoms with Crippen LogP contribution in [0.2, 0.25) is 0 Å². The van der Waals surface area contributed by atoms with Crippen LogP contribution in [-0.4, -0.2) is 23.0 Å². The summed E-state index contributed by atoms with van der Waals surface area (Å²) in [5.74, 6) is 1.08. The van der Waals surface area contributed by atoms with E-state index in [1.165, 1.54) is 7.11 Å². The quantitative estimate of drug-likeness (QED) is 0.361. The Balaban J connectivity index is 1.63. The first kappa shape index (κ1) is 17.3. The van der Waals surface area contributed by atoms with Gasteiger partial charge in [-0.3, -0.25) is 0 Å². The number of imidazole rings is 1. The number of H-pyrrole nitrogens is 1. The number of nitrogens with one attached hydrogen (secondary N) is 1. The highest BCUT2D eigenvalue weighted by atomic mass is 79.9. The molecule has 0 atom stereocenters. The van der Waals surface area contributed by atoms with E-state index in [4.69, 9.17) is 9.47 Å². The molecule has 0 unspecified atom stereocenters. The van der Waals surface area contributed by atoms with Crippen molar-refractivity contribution in [2.45, 2.75) is 0 Å². The monoisotopic (exact) mass is 422 g/mol. The van der Waals surface area contributed by atoms with Crippen LogP contribution in [0, 0.1) is 0 Å². The first-order valence-corrected chi connectivity index (χ1v) is 9.04. The van der Waals surface area contributed by atoms with Gasteiger partial charge in [0.15, 0.2) is 11.5 Å². The number of aromatic nitrogens is 2. The molecule has 1 aromatic heterocycles. The van der Waals surface area contributed by atoms with Gasteiger partial charge in [-0.05, 0) is 54.6 Å². The number of fused-ring (bicyclic) bond motifs is 1. The van der Waals surface area contributed by atoms with Crippen LogP contribution in [0.5, 0.6) is 11.5 Å². The molecule has 1 heterocycles. The van der Waals surface area contributed by atoms with Crippen LogP contribution in [0.1, 0.15) is 10.4 Å². The fourth-order valence-corrected chi connectivity index (χ4v) is 3.00. The Morgan fingerprint density at radius 1 is 1.00 bits per heavy atom. The lowest BCUT2D eigenvalue weighted by Gasteiger charge is -2.10. The van der Waals surface area contributed by atoms with Gasteiger partial charge in [0.2, 0.25) is 0 Å². The summed E-state index contributed by atoms with van der Waals surface area (Å²) in [4.78, 5) is 20.2. The number of rotatable bonds is 4. The Labute approximate surface area is 164 Å². The molecule has 4 aromatic rings. The molecule has 0 fully saturated rings. The first-order valence-electron chi connectivity index (χ1n) is 8.25. The Bertz CT molecular complexity index is 1090. The number of benzene rings is 3. The molecule has 0 aliphatic rings. The summed E-state index contributed by atoms with van der Waals surface area (Å²) in [5.41, 5.74) is 3.14. The molecule has 6 heteroatoms. The fourth-order valence-electron chi connectivity index (χ4n) is 2.73. The SMILES string of the molecule is COc1cc(-c2nc3ccccc3[nH]2)ccc1OC(=O)c1ccc(Br)cc1. The largest absolute Gasteiger partial charge is 0.493 e. The lowest BCUT2D eigenvalue weighted by molar-refractivity contribution is 0.0729. The summed E-state index contributed by atoms with van der Waals surface area (Å²) in [6.07, 6.45) is 0. The average Bonchev–Trinajstić information content (AvgIpc) is 3.13. The molecule has 5 nitrogen and oxygen atoms in total. The smallest absolute Gasteiger partial charge is 0.343 e. The molecular formula is C21H15BrN2O3. The highest BCUT2D eigenvalue weighted by Gasteiger charge is 2.14. The number of aromatic amines is 1. The number of hydrogen-bond donors (Lipinski definition) is 1. The standard InChI is InChI=1S/C21H15BrN2O3/c1-26-19-12-14(20-23-16-4-2-3-5-17(16)24-20)8-11-18(19)27-21(25)13-6-9-15(22)10-7-13/h2-12H,1H3,(H,23,24). The minimum Gasteiger partial charge on any atom is -0.493 e. The van der Waals surface area contributed by atoms with Gasteiger partial charge in [0, 0.05) is 10.0 Å². The normalized spacial score (nSPS) is 10.7. The summed E-state index contributed by atoms with van der Waals surface area (Å²) in [6.45, 7) is 0. The Kier molecular flexibility index (Phi) is 4.64. The molecule has 134 valence electrons. The summed E-state index contributed by atoms with van der Waals surface area (Å²) < 4.78 is 11.8. The van der Waals surface area contributed by atoms with Gasteiger partial charge in [-0.1, -0.05) is 28.1 Å². The third kappa shape index (κ3) is 3.57. The third-order valence-electron chi connectivity index (χ3n) is 4.11. The molecular weight excluding hydrogens is 408 g/mol. The summed E-state index contributed by atoms with van der Waals surface area (Å²) in [7, 11) is 1.54. The molecule has 0 saturated carbocycles. The van der Waals surface area contributed by atoms with Crippen LogP contribution >= 0.6 is 15.9 Å². The van der Waals surface area contributed by atoms with Crippen molar-refractivity contribution in [2.75, 3.05) is 7.11 Å². The van der Waals surface area contributed by atoms with E-state index in [1.807, 2.05) is 30.3 Å². The molecule has 3 aromatic carbocycles. The fraction of sp³-hybridized carbons (Fsp3) is 0.0476. The number of carbonyl (C=O) groups is 1. The Morgan fingerprint density at radius 2 is 1.78 bits per heavy atom. The van der Waals surface area contributed by atoms with Gasteiger partial charge in [0.1, 0.15) is 5.82 Å². The minimum absolute atomic E-state index is 0.352. The maximum absolute atomic E-state index is 12.4. The van der Waals surface area contributed by atoms with Crippen LogP contribution in [-0.2, 0) is 0 Å². The van der Waals surface area contributed by atoms with E-state index in [2.05, 4.69) is 25.9 Å². The molecule has 0 saturated heterocycles. The van der Waals surface area contributed by atoms with E-state index >= 15 is 0 Å². The molecule has 0 bridgehead atoms. The van der Waals surface area contributed by atoms with Gasteiger partial charge in [0.05, 0.1) is 23.7 Å². The Morgan fingerprint density at radius 3 is 2.52 bits per heavy atom. The summed E-state index contributed by atoms with van der Waals surface area (Å²) >= 11 is 3.35. The third-order valence-corrected chi connectivity index (χ3v) is 4.64. The van der Waals surface area contributed by atoms with Crippen LogP contribution in [0.3, 0.4) is 0 Å². The van der Waals surface area contributed by atoms with Gasteiger partial charge in [0.25, 0.3) is 0 Å². The van der Waals surface area contributed by atoms with Crippen molar-refractivity contribution in [3.05, 3.63) is 76.8 Å². The topological polar surface area (TPSA) is 64.2 Å². The van der Waals surface area contributed by atoms with Crippen LogP contribution < -0.4 is 9.47 Å². The zero-order chi connectivity index (χ0) is 18.8. The van der Waals surface area contributed by atoms with Crippen molar-refractivity contribution in [1.82, 2.24) is 9.97 Å². The molecule has 0 amide bonds. The van der Waals surface area contributed by atoms with E-state index < -0.39 is 5.97 Å². The number of esters is 1. The van der Waals surface area contributed by atoms with Crippen LogP contribution in [0.15, 0.2) is 71.2 Å². The molecule has 4 rings (SSSR count). The second kappa shape index (κ2) is 7.25. The van der Waals surface area contributed by atoms with Gasteiger partial charge >= 0.3 is 5.97 Å². The zero-order valence-electron chi connectivity index (χ0n) is 14.4. The molecule has 0 aliphatic heterocycles. The number of carbonyl (C=O) groups excluding carboxylic acids is 1. The lowest BCUT2D eigenvalue weighted by Crippen LogP contribution is -2.09. The number of nitrogens with zero attached hydrogens (tertiary/aromatic N) is 1. The molecule has 27 heavy (non-hydrogen) atoms. The highest BCUT2D eigenvalue weighted by molar-refractivity contribution is 9.10.